The Morgan fingerprint density at radius 2 is 2.38 bits per heavy atom. The van der Waals surface area contributed by atoms with Crippen LogP contribution in [0.25, 0.3) is 0 Å². The Hall–Kier alpha value is 0.265. The van der Waals surface area contributed by atoms with Crippen LogP contribution >= 0.6 is 0 Å². The monoisotopic (exact) mass is 224 g/mol. The molecule has 0 aromatic heterocycles. The third kappa shape index (κ3) is 6.26. The van der Waals surface area contributed by atoms with E-state index >= 15 is 0 Å². The second-order valence-corrected chi connectivity index (χ2v) is 3.37. The first-order valence-corrected chi connectivity index (χ1v) is 5.10. The summed E-state index contributed by atoms with van der Waals surface area (Å²) in [6.07, 6.45) is 1.37. The van der Waals surface area contributed by atoms with E-state index in [2.05, 4.69) is 0 Å². The molecule has 0 saturated carbocycles. The molecule has 2 N–H and O–H groups in total. The summed E-state index contributed by atoms with van der Waals surface area (Å²) >= 11 is -0.132. The average molecular weight is 224 g/mol. The van der Waals surface area contributed by atoms with Gasteiger partial charge in [0.15, 0.2) is 0 Å². The van der Waals surface area contributed by atoms with Crippen molar-refractivity contribution < 1.29 is 25.8 Å². The van der Waals surface area contributed by atoms with E-state index in [1.807, 2.05) is 0 Å². The molecule has 8 heavy (non-hydrogen) atoms. The van der Waals surface area contributed by atoms with Crippen molar-refractivity contribution in [2.75, 3.05) is 4.43 Å². The first-order chi connectivity index (χ1) is 3.77. The van der Waals surface area contributed by atoms with Gasteiger partial charge in [-0.1, -0.05) is 0 Å². The molecule has 0 aromatic carbocycles. The molecule has 0 bridgehead atoms. The predicted octanol–water partition coefficient (Wildman–Crippen LogP) is -3.58. The zero-order valence-electron chi connectivity index (χ0n) is 4.56. The van der Waals surface area contributed by atoms with E-state index in [9.17, 15) is 4.79 Å². The van der Waals surface area contributed by atoms with Crippen LogP contribution in [0.1, 0.15) is 12.8 Å². The van der Waals surface area contributed by atoms with Crippen molar-refractivity contribution in [1.29, 1.82) is 0 Å². The van der Waals surface area contributed by atoms with Crippen molar-refractivity contribution in [2.24, 2.45) is 5.73 Å². The maximum absolute atomic E-state index is 10.1. The molecule has 0 aliphatic rings. The Morgan fingerprint density at radius 1 is 1.75 bits per heavy atom. The molecule has 2 nitrogen and oxygen atoms in total. The normalized spacial score (nSPS) is 9.50. The summed E-state index contributed by atoms with van der Waals surface area (Å²) in [5.41, 5.74) is 10.1. The van der Waals surface area contributed by atoms with Gasteiger partial charge >= 0.3 is 60.4 Å². The van der Waals surface area contributed by atoms with Crippen molar-refractivity contribution in [1.82, 2.24) is 0 Å². The van der Waals surface area contributed by atoms with Gasteiger partial charge in [-0.3, -0.25) is 0 Å². The molecule has 4 heteroatoms. The van der Waals surface area contributed by atoms with Gasteiger partial charge in [0.1, 0.15) is 0 Å². The van der Waals surface area contributed by atoms with Crippen molar-refractivity contribution in [3.8, 4) is 0 Å². The fourth-order valence-corrected chi connectivity index (χ4v) is 1.14. The van der Waals surface area contributed by atoms with Crippen LogP contribution in [0.5, 0.6) is 0 Å². The first kappa shape index (κ1) is 8.26. The van der Waals surface area contributed by atoms with Gasteiger partial charge in [-0.05, 0) is 0 Å². The molecule has 2 radical (unpaired) electrons. The van der Waals surface area contributed by atoms with E-state index in [1.165, 1.54) is 0 Å². The Kier molecular flexibility index (Phi) is 5.58. The van der Waals surface area contributed by atoms with Crippen LogP contribution in [0.4, 0.5) is 0 Å². The number of rotatable bonds is 4. The zero-order valence-corrected chi connectivity index (χ0v) is 6.72. The van der Waals surface area contributed by atoms with Gasteiger partial charge in [0.25, 0.3) is 0 Å². The molecule has 0 fully saturated rings. The molecule has 0 atom stereocenters. The van der Waals surface area contributed by atoms with Crippen LogP contribution < -0.4 is 26.7 Å². The topological polar surface area (TPSA) is 43.1 Å². The van der Waals surface area contributed by atoms with Gasteiger partial charge < -0.3 is 0 Å². The number of alkyl halides is 1. The second-order valence-electron chi connectivity index (χ2n) is 1.41. The maximum atomic E-state index is 10.1. The van der Waals surface area contributed by atoms with Gasteiger partial charge in [0.2, 0.25) is 0 Å². The molecule has 0 aliphatic carbocycles. The molecule has 0 saturated heterocycles. The van der Waals surface area contributed by atoms with Gasteiger partial charge in [-0.15, -0.1) is 0 Å². The summed E-state index contributed by atoms with van der Waals surface area (Å²) in [6.45, 7) is 0. The molecule has 0 unspecified atom stereocenters. The third-order valence-electron chi connectivity index (χ3n) is 0.666. The minimum atomic E-state index is -0.220. The summed E-state index contributed by atoms with van der Waals surface area (Å²) < 4.78 is 1.00. The second kappa shape index (κ2) is 5.40. The summed E-state index contributed by atoms with van der Waals surface area (Å²) in [5, 5.41) is 0. The number of carbonyl (C=O) groups is 1. The first-order valence-electron chi connectivity index (χ1n) is 2.33. The number of hydrogen-bond donors (Lipinski definition) is 1. The van der Waals surface area contributed by atoms with E-state index in [0.29, 0.717) is 6.42 Å². The fourth-order valence-electron chi connectivity index (χ4n) is 0.318. The van der Waals surface area contributed by atoms with Gasteiger partial charge in [-0.25, -0.2) is 0 Å². The Balaban J connectivity index is 2.82. The van der Waals surface area contributed by atoms with Gasteiger partial charge in [0.05, 0.1) is 0 Å². The summed E-state index contributed by atoms with van der Waals surface area (Å²) in [5.74, 6) is -0.220. The molecular formula is C4H8BINO-. The van der Waals surface area contributed by atoms with Crippen molar-refractivity contribution in [2.45, 2.75) is 12.8 Å². The van der Waals surface area contributed by atoms with Crippen LogP contribution in [0.3, 0.4) is 0 Å². The van der Waals surface area contributed by atoms with E-state index in [0.717, 1.165) is 10.8 Å². The standard InChI is InChI=1S/C4H8BINO/c5-6-3-1-2-4(7)8/h1-3H2,(H2,7,8)/q-1. The van der Waals surface area contributed by atoms with Crippen LogP contribution in [0.15, 0.2) is 0 Å². The molecule has 0 spiro atoms. The summed E-state index contributed by atoms with van der Waals surface area (Å²) in [6, 6.07) is 0. The molecule has 1 amide bonds. The van der Waals surface area contributed by atoms with Crippen molar-refractivity contribution >= 4 is 11.6 Å². The summed E-state index contributed by atoms with van der Waals surface area (Å²) in [4.78, 5) is 10.1. The number of halogens is 1. The van der Waals surface area contributed by atoms with Crippen LogP contribution in [0.2, 0.25) is 0 Å². The zero-order chi connectivity index (χ0) is 6.41. The third-order valence-corrected chi connectivity index (χ3v) is 2.05. The SMILES string of the molecule is [B][I-]CCCC(N)=O. The van der Waals surface area contributed by atoms with E-state index < -0.39 is 0 Å². The quantitative estimate of drug-likeness (QED) is 0.228. The van der Waals surface area contributed by atoms with Crippen molar-refractivity contribution in [3.63, 3.8) is 0 Å². The van der Waals surface area contributed by atoms with Crippen LogP contribution in [-0.2, 0) is 4.79 Å². The number of carbonyl (C=O) groups excluding carboxylic acids is 1. The van der Waals surface area contributed by atoms with E-state index in [1.54, 1.807) is 0 Å². The Morgan fingerprint density at radius 3 is 2.75 bits per heavy atom. The average Bonchev–Trinajstić information content (AvgIpc) is 1.66. The van der Waals surface area contributed by atoms with E-state index in [-0.39, 0.29) is 26.9 Å². The van der Waals surface area contributed by atoms with Crippen LogP contribution in [-0.4, -0.2) is 16.0 Å². The van der Waals surface area contributed by atoms with Crippen molar-refractivity contribution in [3.05, 3.63) is 0 Å². The number of amides is 1. The molecule has 0 aromatic rings. The number of primary amides is 1. The molecular weight excluding hydrogens is 216 g/mol. The number of hydrogen-bond acceptors (Lipinski definition) is 1. The number of nitrogens with two attached hydrogens (primary N) is 1. The fraction of sp³-hybridized carbons (Fsp3) is 0.750. The predicted molar refractivity (Wildman–Crippen MR) is 29.0 cm³/mol. The van der Waals surface area contributed by atoms with Gasteiger partial charge in [0, 0.05) is 0 Å². The molecule has 46 valence electrons. The summed E-state index contributed by atoms with van der Waals surface area (Å²) in [7, 11) is 0. The minimum absolute atomic E-state index is 0.132. The molecule has 0 rings (SSSR count). The van der Waals surface area contributed by atoms with Crippen LogP contribution in [0, 0.1) is 0 Å². The van der Waals surface area contributed by atoms with Gasteiger partial charge in [-0.2, -0.15) is 0 Å². The molecule has 0 heterocycles. The Bertz CT molecular complexity index is 78.4. The van der Waals surface area contributed by atoms with E-state index in [4.69, 9.17) is 11.4 Å². The Labute approximate surface area is 60.6 Å². The molecule has 0 aliphatic heterocycles.